The van der Waals surface area contributed by atoms with Gasteiger partial charge in [0.2, 0.25) is 0 Å². The third-order valence-electron chi connectivity index (χ3n) is 5.00. The Hall–Kier alpha value is -2.05. The van der Waals surface area contributed by atoms with Gasteiger partial charge in [-0.15, -0.1) is 12.4 Å². The Kier molecular flexibility index (Phi) is 6.67. The predicted octanol–water partition coefficient (Wildman–Crippen LogP) is 2.36. The topological polar surface area (TPSA) is 59.4 Å². The van der Waals surface area contributed by atoms with Crippen LogP contribution in [-0.4, -0.2) is 47.8 Å². The van der Waals surface area contributed by atoms with Gasteiger partial charge in [-0.1, -0.05) is 12.1 Å². The van der Waals surface area contributed by atoms with Crippen LogP contribution >= 0.6 is 12.4 Å². The summed E-state index contributed by atoms with van der Waals surface area (Å²) in [6.07, 6.45) is 5.14. The number of hydrogen-bond acceptors (Lipinski definition) is 4. The fourth-order valence-electron chi connectivity index (χ4n) is 3.64. The average Bonchev–Trinajstić information content (AvgIpc) is 3.17. The average molecular weight is 379 g/mol. The standard InChI is InChI=1S/C19H26N4O2.ClH/c1-15-13-16(5-6-17(15)25-3)14-22(2)18(24)19(7-10-20-11-8-19)23-12-4-9-21-23;/h4-6,9,12-13,20H,7-8,10-11,14H2,1-3H3;1H. The number of methoxy groups -OCH3 is 1. The van der Waals surface area contributed by atoms with Crippen LogP contribution in [0.15, 0.2) is 36.7 Å². The van der Waals surface area contributed by atoms with E-state index in [-0.39, 0.29) is 18.3 Å². The molecule has 2 aromatic rings. The molecule has 0 atom stereocenters. The van der Waals surface area contributed by atoms with E-state index in [2.05, 4.69) is 16.5 Å². The number of carbonyl (C=O) groups excluding carboxylic acids is 1. The molecule has 0 spiro atoms. The summed E-state index contributed by atoms with van der Waals surface area (Å²) in [6, 6.07) is 7.92. The minimum absolute atomic E-state index is 0. The molecule has 7 heteroatoms. The number of aryl methyl sites for hydroxylation is 1. The molecule has 0 radical (unpaired) electrons. The summed E-state index contributed by atoms with van der Waals surface area (Å²) in [5.41, 5.74) is 1.58. The Labute approximate surface area is 160 Å². The number of carbonyl (C=O) groups is 1. The number of piperidine rings is 1. The van der Waals surface area contributed by atoms with E-state index in [4.69, 9.17) is 4.74 Å². The van der Waals surface area contributed by atoms with E-state index in [1.54, 1.807) is 13.3 Å². The van der Waals surface area contributed by atoms with Crippen LogP contribution in [0.4, 0.5) is 0 Å². The molecule has 1 fully saturated rings. The van der Waals surface area contributed by atoms with E-state index >= 15 is 0 Å². The van der Waals surface area contributed by atoms with E-state index < -0.39 is 5.54 Å². The molecule has 1 saturated heterocycles. The first-order valence-electron chi connectivity index (χ1n) is 8.67. The molecule has 0 saturated carbocycles. The zero-order valence-corrected chi connectivity index (χ0v) is 16.4. The van der Waals surface area contributed by atoms with Crippen LogP contribution < -0.4 is 10.1 Å². The van der Waals surface area contributed by atoms with Crippen molar-refractivity contribution in [3.63, 3.8) is 0 Å². The molecule has 1 aromatic carbocycles. The number of amides is 1. The first-order chi connectivity index (χ1) is 12.1. The van der Waals surface area contributed by atoms with Gasteiger partial charge in [-0.05, 0) is 56.1 Å². The fraction of sp³-hybridized carbons (Fsp3) is 0.474. The summed E-state index contributed by atoms with van der Waals surface area (Å²) >= 11 is 0. The van der Waals surface area contributed by atoms with Crippen molar-refractivity contribution in [2.45, 2.75) is 31.8 Å². The molecule has 2 heterocycles. The molecule has 3 rings (SSSR count). The smallest absolute Gasteiger partial charge is 0.250 e. The highest BCUT2D eigenvalue weighted by molar-refractivity contribution is 5.85. The Morgan fingerprint density at radius 2 is 2.12 bits per heavy atom. The lowest BCUT2D eigenvalue weighted by Gasteiger charge is -2.39. The summed E-state index contributed by atoms with van der Waals surface area (Å²) in [7, 11) is 3.54. The fourth-order valence-corrected chi connectivity index (χ4v) is 3.64. The molecule has 1 amide bonds. The van der Waals surface area contributed by atoms with Gasteiger partial charge in [0.15, 0.2) is 0 Å². The maximum absolute atomic E-state index is 13.3. The zero-order valence-electron chi connectivity index (χ0n) is 15.6. The second kappa shape index (κ2) is 8.56. The van der Waals surface area contributed by atoms with Crippen LogP contribution in [0.2, 0.25) is 0 Å². The van der Waals surface area contributed by atoms with Crippen molar-refractivity contribution >= 4 is 18.3 Å². The summed E-state index contributed by atoms with van der Waals surface area (Å²) < 4.78 is 7.15. The Morgan fingerprint density at radius 3 is 2.69 bits per heavy atom. The van der Waals surface area contributed by atoms with Crippen molar-refractivity contribution in [1.29, 1.82) is 0 Å². The van der Waals surface area contributed by atoms with E-state index in [1.807, 2.05) is 47.9 Å². The minimum atomic E-state index is -0.592. The molecule has 26 heavy (non-hydrogen) atoms. The summed E-state index contributed by atoms with van der Waals surface area (Å²) in [5, 5.41) is 7.72. The van der Waals surface area contributed by atoms with Crippen molar-refractivity contribution in [2.24, 2.45) is 0 Å². The van der Waals surface area contributed by atoms with Crippen LogP contribution in [0.5, 0.6) is 5.75 Å². The van der Waals surface area contributed by atoms with Crippen LogP contribution in [-0.2, 0) is 16.9 Å². The van der Waals surface area contributed by atoms with Gasteiger partial charge in [-0.25, -0.2) is 0 Å². The third kappa shape index (κ3) is 3.86. The second-order valence-corrected chi connectivity index (χ2v) is 6.70. The van der Waals surface area contributed by atoms with Crippen molar-refractivity contribution in [2.75, 3.05) is 27.2 Å². The van der Waals surface area contributed by atoms with Crippen LogP contribution in [0.3, 0.4) is 0 Å². The quantitative estimate of drug-likeness (QED) is 0.867. The maximum atomic E-state index is 13.3. The minimum Gasteiger partial charge on any atom is -0.496 e. The number of halogens is 1. The number of hydrogen-bond donors (Lipinski definition) is 1. The maximum Gasteiger partial charge on any atom is 0.250 e. The van der Waals surface area contributed by atoms with Crippen LogP contribution in [0, 0.1) is 6.92 Å². The largest absolute Gasteiger partial charge is 0.496 e. The molecule has 6 nitrogen and oxygen atoms in total. The van der Waals surface area contributed by atoms with E-state index in [9.17, 15) is 4.79 Å². The molecule has 1 N–H and O–H groups in total. The van der Waals surface area contributed by atoms with Gasteiger partial charge in [0, 0.05) is 26.0 Å². The highest BCUT2D eigenvalue weighted by Gasteiger charge is 2.43. The summed E-state index contributed by atoms with van der Waals surface area (Å²) in [4.78, 5) is 15.2. The van der Waals surface area contributed by atoms with Crippen molar-refractivity contribution < 1.29 is 9.53 Å². The zero-order chi connectivity index (χ0) is 17.9. The number of aromatic nitrogens is 2. The molecular formula is C19H27ClN4O2. The van der Waals surface area contributed by atoms with Crippen LogP contribution in [0.25, 0.3) is 0 Å². The monoisotopic (exact) mass is 378 g/mol. The predicted molar refractivity (Wildman–Crippen MR) is 104 cm³/mol. The molecular weight excluding hydrogens is 352 g/mol. The molecule has 1 aliphatic heterocycles. The number of nitrogens with one attached hydrogen (secondary N) is 1. The molecule has 0 unspecified atom stereocenters. The molecule has 0 aliphatic carbocycles. The lowest BCUT2D eigenvalue weighted by atomic mass is 9.86. The van der Waals surface area contributed by atoms with Gasteiger partial charge in [-0.2, -0.15) is 5.10 Å². The van der Waals surface area contributed by atoms with E-state index in [0.29, 0.717) is 6.54 Å². The van der Waals surface area contributed by atoms with Gasteiger partial charge in [0.05, 0.1) is 7.11 Å². The first-order valence-corrected chi connectivity index (χ1v) is 8.67. The summed E-state index contributed by atoms with van der Waals surface area (Å²) in [6.45, 7) is 4.23. The number of nitrogens with zero attached hydrogens (tertiary/aromatic N) is 3. The third-order valence-corrected chi connectivity index (χ3v) is 5.00. The molecule has 1 aliphatic rings. The summed E-state index contributed by atoms with van der Waals surface area (Å²) in [5.74, 6) is 0.982. The first kappa shape index (κ1) is 20.3. The Balaban J connectivity index is 0.00000243. The lowest BCUT2D eigenvalue weighted by molar-refractivity contribution is -0.142. The van der Waals surface area contributed by atoms with Crippen molar-refractivity contribution in [3.8, 4) is 5.75 Å². The highest BCUT2D eigenvalue weighted by Crippen LogP contribution is 2.30. The Bertz CT molecular complexity index is 727. The van der Waals surface area contributed by atoms with Gasteiger partial charge in [-0.3, -0.25) is 9.48 Å². The van der Waals surface area contributed by atoms with Gasteiger partial charge in [0.1, 0.15) is 11.3 Å². The van der Waals surface area contributed by atoms with Crippen molar-refractivity contribution in [3.05, 3.63) is 47.8 Å². The lowest BCUT2D eigenvalue weighted by Crippen LogP contribution is -2.54. The van der Waals surface area contributed by atoms with Gasteiger partial charge in [0.25, 0.3) is 5.91 Å². The van der Waals surface area contributed by atoms with Gasteiger partial charge < -0.3 is 15.0 Å². The Morgan fingerprint density at radius 1 is 1.38 bits per heavy atom. The number of ether oxygens (including phenoxy) is 1. The number of likely N-dealkylation sites (N-methyl/N-ethyl adjacent to an activating group) is 1. The second-order valence-electron chi connectivity index (χ2n) is 6.70. The normalized spacial score (nSPS) is 15.8. The van der Waals surface area contributed by atoms with E-state index in [1.165, 1.54) is 0 Å². The van der Waals surface area contributed by atoms with Crippen LogP contribution in [0.1, 0.15) is 24.0 Å². The number of rotatable bonds is 5. The SMILES string of the molecule is COc1ccc(CN(C)C(=O)C2(n3cccn3)CCNCC2)cc1C.Cl. The number of benzene rings is 1. The molecule has 1 aromatic heterocycles. The van der Waals surface area contributed by atoms with Gasteiger partial charge >= 0.3 is 0 Å². The molecule has 142 valence electrons. The van der Waals surface area contributed by atoms with Crippen molar-refractivity contribution in [1.82, 2.24) is 20.0 Å². The van der Waals surface area contributed by atoms with E-state index in [0.717, 1.165) is 42.8 Å². The highest BCUT2D eigenvalue weighted by atomic mass is 35.5. The molecule has 0 bridgehead atoms.